The number of rotatable bonds is 5. The predicted octanol–water partition coefficient (Wildman–Crippen LogP) is 4.93. The molecule has 0 unspecified atom stereocenters. The van der Waals surface area contributed by atoms with Gasteiger partial charge in [0, 0.05) is 23.5 Å². The van der Waals surface area contributed by atoms with E-state index in [0.29, 0.717) is 18.5 Å². The predicted molar refractivity (Wildman–Crippen MR) is 101 cm³/mol. The average Bonchev–Trinajstić information content (AvgIpc) is 3.15. The van der Waals surface area contributed by atoms with Gasteiger partial charge in [0.2, 0.25) is 0 Å². The Morgan fingerprint density at radius 2 is 2.08 bits per heavy atom. The summed E-state index contributed by atoms with van der Waals surface area (Å²) in [5.74, 6) is 0.538. The van der Waals surface area contributed by atoms with E-state index in [1.54, 1.807) is 0 Å². The molecule has 1 N–H and O–H groups in total. The van der Waals surface area contributed by atoms with E-state index in [2.05, 4.69) is 55.4 Å². The Labute approximate surface area is 144 Å². The van der Waals surface area contributed by atoms with Crippen molar-refractivity contribution in [1.29, 1.82) is 0 Å². The van der Waals surface area contributed by atoms with Crippen molar-refractivity contribution in [2.75, 3.05) is 0 Å². The molecule has 0 aliphatic heterocycles. The number of benzene rings is 1. The lowest BCUT2D eigenvalue weighted by molar-refractivity contribution is 0.0929. The van der Waals surface area contributed by atoms with Gasteiger partial charge in [-0.15, -0.1) is 6.58 Å². The molecule has 3 nitrogen and oxygen atoms in total. The van der Waals surface area contributed by atoms with E-state index in [1.807, 2.05) is 6.08 Å². The van der Waals surface area contributed by atoms with E-state index < -0.39 is 0 Å². The van der Waals surface area contributed by atoms with Crippen molar-refractivity contribution >= 4 is 16.8 Å². The lowest BCUT2D eigenvalue weighted by Gasteiger charge is -2.14. The van der Waals surface area contributed by atoms with Crippen LogP contribution in [0.4, 0.5) is 0 Å². The van der Waals surface area contributed by atoms with Crippen LogP contribution in [0.25, 0.3) is 10.9 Å². The van der Waals surface area contributed by atoms with Gasteiger partial charge in [0.15, 0.2) is 0 Å². The van der Waals surface area contributed by atoms with Crippen molar-refractivity contribution in [2.24, 2.45) is 0 Å². The highest BCUT2D eigenvalue weighted by atomic mass is 16.2. The van der Waals surface area contributed by atoms with Crippen LogP contribution < -0.4 is 5.32 Å². The summed E-state index contributed by atoms with van der Waals surface area (Å²) in [6.07, 6.45) is 6.50. The van der Waals surface area contributed by atoms with Gasteiger partial charge in [0.25, 0.3) is 5.91 Å². The van der Waals surface area contributed by atoms with Gasteiger partial charge in [-0.3, -0.25) is 4.79 Å². The van der Waals surface area contributed by atoms with Gasteiger partial charge in [-0.25, -0.2) is 0 Å². The summed E-state index contributed by atoms with van der Waals surface area (Å²) in [5.41, 5.74) is 4.29. The minimum absolute atomic E-state index is 0.0588. The number of aryl methyl sites for hydroxylation is 1. The van der Waals surface area contributed by atoms with Crippen molar-refractivity contribution < 1.29 is 4.79 Å². The van der Waals surface area contributed by atoms with Crippen molar-refractivity contribution in [2.45, 2.75) is 65.0 Å². The monoisotopic (exact) mass is 324 g/mol. The molecule has 0 spiro atoms. The van der Waals surface area contributed by atoms with E-state index in [4.69, 9.17) is 0 Å². The molecule has 3 heteroatoms. The molecule has 1 aliphatic rings. The SMILES string of the molecule is C=CCn1c(C(=O)NC2CCCC2)c(C)c2cc(C(C)C)ccc21. The van der Waals surface area contributed by atoms with Gasteiger partial charge in [0.05, 0.1) is 0 Å². The Morgan fingerprint density at radius 3 is 2.71 bits per heavy atom. The largest absolute Gasteiger partial charge is 0.348 e. The Bertz CT molecular complexity index is 764. The normalized spacial score (nSPS) is 15.3. The fraction of sp³-hybridized carbons (Fsp3) is 0.476. The first-order valence-corrected chi connectivity index (χ1v) is 9.07. The topological polar surface area (TPSA) is 34.0 Å². The highest BCUT2D eigenvalue weighted by Gasteiger charge is 2.24. The number of nitrogens with zero attached hydrogens (tertiary/aromatic N) is 1. The maximum atomic E-state index is 12.9. The smallest absolute Gasteiger partial charge is 0.268 e. The Hall–Kier alpha value is -2.03. The molecule has 0 bridgehead atoms. The molecular formula is C21H28N2O. The number of fused-ring (bicyclic) bond motifs is 1. The first-order chi connectivity index (χ1) is 11.5. The molecule has 1 saturated carbocycles. The number of carbonyl (C=O) groups excluding carboxylic acids is 1. The van der Waals surface area contributed by atoms with Crippen LogP contribution in [0, 0.1) is 6.92 Å². The second-order valence-electron chi connectivity index (χ2n) is 7.26. The van der Waals surface area contributed by atoms with Gasteiger partial charge in [-0.05, 0) is 48.9 Å². The molecule has 0 saturated heterocycles. The highest BCUT2D eigenvalue weighted by Crippen LogP contribution is 2.29. The molecule has 1 aromatic carbocycles. The fourth-order valence-corrected chi connectivity index (χ4v) is 3.83. The Kier molecular flexibility index (Phi) is 4.79. The van der Waals surface area contributed by atoms with Crippen LogP contribution in [0.2, 0.25) is 0 Å². The second-order valence-corrected chi connectivity index (χ2v) is 7.26. The third kappa shape index (κ3) is 3.00. The summed E-state index contributed by atoms with van der Waals surface area (Å²) < 4.78 is 2.10. The molecule has 1 fully saturated rings. The highest BCUT2D eigenvalue weighted by molar-refractivity contribution is 6.02. The number of allylic oxidation sites excluding steroid dienone is 1. The molecule has 1 amide bonds. The molecule has 2 aromatic rings. The van der Waals surface area contributed by atoms with Crippen LogP contribution >= 0.6 is 0 Å². The molecule has 0 atom stereocenters. The number of hydrogen-bond acceptors (Lipinski definition) is 1. The number of nitrogens with one attached hydrogen (secondary N) is 1. The van der Waals surface area contributed by atoms with Crippen LogP contribution in [-0.2, 0) is 6.54 Å². The number of amides is 1. The first-order valence-electron chi connectivity index (χ1n) is 9.07. The van der Waals surface area contributed by atoms with Crippen molar-refractivity contribution in [1.82, 2.24) is 9.88 Å². The minimum Gasteiger partial charge on any atom is -0.348 e. The third-order valence-corrected chi connectivity index (χ3v) is 5.22. The summed E-state index contributed by atoms with van der Waals surface area (Å²) in [6, 6.07) is 6.89. The van der Waals surface area contributed by atoms with Gasteiger partial charge < -0.3 is 9.88 Å². The minimum atomic E-state index is 0.0588. The quantitative estimate of drug-likeness (QED) is 0.777. The van der Waals surface area contributed by atoms with E-state index in [-0.39, 0.29) is 5.91 Å². The van der Waals surface area contributed by atoms with Crippen LogP contribution in [-0.4, -0.2) is 16.5 Å². The Morgan fingerprint density at radius 1 is 1.38 bits per heavy atom. The van der Waals surface area contributed by atoms with Crippen LogP contribution in [0.15, 0.2) is 30.9 Å². The Balaban J connectivity index is 2.07. The van der Waals surface area contributed by atoms with E-state index >= 15 is 0 Å². The number of hydrogen-bond donors (Lipinski definition) is 1. The molecule has 0 radical (unpaired) electrons. The summed E-state index contributed by atoms with van der Waals surface area (Å²) >= 11 is 0. The van der Waals surface area contributed by atoms with E-state index in [0.717, 1.165) is 29.6 Å². The molecule has 3 rings (SSSR count). The summed E-state index contributed by atoms with van der Waals surface area (Å²) in [4.78, 5) is 12.9. The molecular weight excluding hydrogens is 296 g/mol. The summed E-state index contributed by atoms with van der Waals surface area (Å²) in [7, 11) is 0. The fourth-order valence-electron chi connectivity index (χ4n) is 3.83. The summed E-state index contributed by atoms with van der Waals surface area (Å²) in [6.45, 7) is 11.0. The first kappa shape index (κ1) is 16.8. The lowest BCUT2D eigenvalue weighted by atomic mass is 10.0. The number of aromatic nitrogens is 1. The summed E-state index contributed by atoms with van der Waals surface area (Å²) in [5, 5.41) is 4.42. The van der Waals surface area contributed by atoms with Crippen LogP contribution in [0.1, 0.15) is 67.1 Å². The van der Waals surface area contributed by atoms with E-state index in [1.165, 1.54) is 23.8 Å². The molecule has 1 aromatic heterocycles. The maximum absolute atomic E-state index is 12.9. The zero-order chi connectivity index (χ0) is 17.3. The zero-order valence-electron chi connectivity index (χ0n) is 15.1. The maximum Gasteiger partial charge on any atom is 0.268 e. The molecule has 128 valence electrons. The van der Waals surface area contributed by atoms with Gasteiger partial charge in [0.1, 0.15) is 5.69 Å². The molecule has 24 heavy (non-hydrogen) atoms. The molecule has 1 heterocycles. The van der Waals surface area contributed by atoms with Gasteiger partial charge >= 0.3 is 0 Å². The standard InChI is InChI=1S/C21H28N2O/c1-5-12-23-19-11-10-16(14(2)3)13-18(19)15(4)20(23)21(24)22-17-8-6-7-9-17/h5,10-11,13-14,17H,1,6-9,12H2,2-4H3,(H,22,24). The van der Waals surface area contributed by atoms with Crippen LogP contribution in [0.3, 0.4) is 0 Å². The van der Waals surface area contributed by atoms with Crippen molar-refractivity contribution in [3.8, 4) is 0 Å². The average molecular weight is 324 g/mol. The van der Waals surface area contributed by atoms with Gasteiger partial charge in [-0.2, -0.15) is 0 Å². The van der Waals surface area contributed by atoms with Crippen molar-refractivity contribution in [3.05, 3.63) is 47.7 Å². The lowest BCUT2D eigenvalue weighted by Crippen LogP contribution is -2.34. The molecule has 1 aliphatic carbocycles. The zero-order valence-corrected chi connectivity index (χ0v) is 15.1. The van der Waals surface area contributed by atoms with Crippen molar-refractivity contribution in [3.63, 3.8) is 0 Å². The second kappa shape index (κ2) is 6.84. The van der Waals surface area contributed by atoms with Crippen LogP contribution in [0.5, 0.6) is 0 Å². The van der Waals surface area contributed by atoms with E-state index in [9.17, 15) is 4.79 Å². The number of carbonyl (C=O) groups is 1. The van der Waals surface area contributed by atoms with Gasteiger partial charge in [-0.1, -0.05) is 38.8 Å². The third-order valence-electron chi connectivity index (χ3n) is 5.22.